The molecule has 0 unspecified atom stereocenters. The van der Waals surface area contributed by atoms with Crippen LogP contribution in [0, 0.1) is 0 Å². The van der Waals surface area contributed by atoms with Gasteiger partial charge in [-0.2, -0.15) is 0 Å². The van der Waals surface area contributed by atoms with Gasteiger partial charge in [0.25, 0.3) is 5.91 Å². The van der Waals surface area contributed by atoms with Crippen molar-refractivity contribution in [2.75, 3.05) is 14.2 Å². The highest BCUT2D eigenvalue weighted by Crippen LogP contribution is 2.14. The molecule has 0 aliphatic rings. The zero-order valence-corrected chi connectivity index (χ0v) is 8.08. The molecule has 0 aliphatic carbocycles. The minimum atomic E-state index is -0.319. The molecule has 0 radical (unpaired) electrons. The lowest BCUT2D eigenvalue weighted by Gasteiger charge is -2.13. The summed E-state index contributed by atoms with van der Waals surface area (Å²) in [6, 6.07) is 1.55. The summed E-state index contributed by atoms with van der Waals surface area (Å²) in [6.07, 6.45) is 2.92. The molecule has 1 rings (SSSR count). The van der Waals surface area contributed by atoms with Crippen molar-refractivity contribution in [1.29, 1.82) is 0 Å². The van der Waals surface area contributed by atoms with Gasteiger partial charge in [-0.1, -0.05) is 11.6 Å². The first-order valence-electron chi connectivity index (χ1n) is 3.58. The van der Waals surface area contributed by atoms with Crippen LogP contribution < -0.4 is 0 Å². The van der Waals surface area contributed by atoms with Gasteiger partial charge >= 0.3 is 0 Å². The van der Waals surface area contributed by atoms with Gasteiger partial charge < -0.3 is 0 Å². The molecule has 70 valence electrons. The Morgan fingerprint density at radius 1 is 1.69 bits per heavy atom. The SMILES string of the molecule is CON(C)C(=O)c1cnccc1Cl. The molecule has 1 amide bonds. The molecule has 5 heteroatoms. The Hall–Kier alpha value is -1.13. The van der Waals surface area contributed by atoms with Gasteiger partial charge in [-0.05, 0) is 6.07 Å². The van der Waals surface area contributed by atoms with Crippen molar-refractivity contribution in [3.63, 3.8) is 0 Å². The minimum Gasteiger partial charge on any atom is -0.274 e. The third-order valence-electron chi connectivity index (χ3n) is 1.56. The quantitative estimate of drug-likeness (QED) is 0.678. The number of aromatic nitrogens is 1. The highest BCUT2D eigenvalue weighted by molar-refractivity contribution is 6.33. The molecule has 4 nitrogen and oxygen atoms in total. The number of carbonyl (C=O) groups is 1. The van der Waals surface area contributed by atoms with Gasteiger partial charge in [0.2, 0.25) is 0 Å². The van der Waals surface area contributed by atoms with E-state index in [2.05, 4.69) is 4.98 Å². The number of rotatable bonds is 2. The largest absolute Gasteiger partial charge is 0.280 e. The molecule has 0 aromatic carbocycles. The summed E-state index contributed by atoms with van der Waals surface area (Å²) in [5, 5.41) is 1.45. The first kappa shape index (κ1) is 9.95. The average Bonchev–Trinajstić information content (AvgIpc) is 2.16. The number of pyridine rings is 1. The predicted octanol–water partition coefficient (Wildman–Crippen LogP) is 1.37. The van der Waals surface area contributed by atoms with Crippen LogP contribution in [0.15, 0.2) is 18.5 Å². The van der Waals surface area contributed by atoms with E-state index < -0.39 is 0 Å². The second-order valence-electron chi connectivity index (χ2n) is 2.34. The summed E-state index contributed by atoms with van der Waals surface area (Å²) in [4.78, 5) is 20.0. The molecule has 0 saturated heterocycles. The smallest absolute Gasteiger partial charge is 0.274 e. The number of halogens is 1. The van der Waals surface area contributed by atoms with Crippen molar-refractivity contribution in [1.82, 2.24) is 10.0 Å². The molecule has 0 spiro atoms. The standard InChI is InChI=1S/C8H9ClN2O2/c1-11(13-2)8(12)6-5-10-4-3-7(6)9/h3-5H,1-2H3. The van der Waals surface area contributed by atoms with Crippen LogP contribution in [-0.4, -0.2) is 30.1 Å². The molecule has 0 atom stereocenters. The fraction of sp³-hybridized carbons (Fsp3) is 0.250. The molecule has 0 N–H and O–H groups in total. The van der Waals surface area contributed by atoms with E-state index in [1.807, 2.05) is 0 Å². The summed E-state index contributed by atoms with van der Waals surface area (Å²) in [5.74, 6) is -0.319. The van der Waals surface area contributed by atoms with Gasteiger partial charge in [0.1, 0.15) is 0 Å². The number of hydroxylamine groups is 2. The first-order chi connectivity index (χ1) is 6.16. The van der Waals surface area contributed by atoms with Crippen molar-refractivity contribution in [2.24, 2.45) is 0 Å². The van der Waals surface area contributed by atoms with Crippen LogP contribution in [0.4, 0.5) is 0 Å². The van der Waals surface area contributed by atoms with E-state index >= 15 is 0 Å². The van der Waals surface area contributed by atoms with E-state index in [0.717, 1.165) is 5.06 Å². The Balaban J connectivity index is 2.95. The van der Waals surface area contributed by atoms with Crippen LogP contribution in [0.1, 0.15) is 10.4 Å². The van der Waals surface area contributed by atoms with E-state index in [4.69, 9.17) is 16.4 Å². The summed E-state index contributed by atoms with van der Waals surface area (Å²) >= 11 is 5.78. The average molecular weight is 201 g/mol. The summed E-state index contributed by atoms with van der Waals surface area (Å²) in [5.41, 5.74) is 0.327. The Morgan fingerprint density at radius 3 is 2.92 bits per heavy atom. The zero-order chi connectivity index (χ0) is 9.84. The third-order valence-corrected chi connectivity index (χ3v) is 1.89. The lowest BCUT2D eigenvalue weighted by Crippen LogP contribution is -2.25. The molecule has 1 aromatic rings. The van der Waals surface area contributed by atoms with Gasteiger partial charge in [-0.25, -0.2) is 5.06 Å². The van der Waals surface area contributed by atoms with Gasteiger partial charge in [0, 0.05) is 19.4 Å². The fourth-order valence-corrected chi connectivity index (χ4v) is 0.973. The maximum atomic E-state index is 11.5. The molecule has 0 fully saturated rings. The minimum absolute atomic E-state index is 0.319. The zero-order valence-electron chi connectivity index (χ0n) is 7.32. The van der Waals surface area contributed by atoms with Crippen molar-refractivity contribution in [3.05, 3.63) is 29.0 Å². The van der Waals surface area contributed by atoms with E-state index in [-0.39, 0.29) is 5.91 Å². The normalized spacial score (nSPS) is 9.77. The van der Waals surface area contributed by atoms with Crippen molar-refractivity contribution < 1.29 is 9.63 Å². The molecule has 1 heterocycles. The van der Waals surface area contributed by atoms with Crippen LogP contribution in [0.3, 0.4) is 0 Å². The van der Waals surface area contributed by atoms with Gasteiger partial charge in [-0.15, -0.1) is 0 Å². The fourth-order valence-electron chi connectivity index (χ4n) is 0.787. The highest BCUT2D eigenvalue weighted by Gasteiger charge is 2.14. The Kier molecular flexibility index (Phi) is 3.22. The van der Waals surface area contributed by atoms with E-state index in [0.29, 0.717) is 10.6 Å². The first-order valence-corrected chi connectivity index (χ1v) is 3.96. The van der Waals surface area contributed by atoms with Crippen molar-refractivity contribution in [2.45, 2.75) is 0 Å². The number of nitrogens with zero attached hydrogens (tertiary/aromatic N) is 2. The third kappa shape index (κ3) is 2.17. The predicted molar refractivity (Wildman–Crippen MR) is 48.3 cm³/mol. The summed E-state index contributed by atoms with van der Waals surface area (Å²) < 4.78 is 0. The van der Waals surface area contributed by atoms with Crippen LogP contribution in [0.5, 0.6) is 0 Å². The maximum Gasteiger partial charge on any atom is 0.280 e. The number of carbonyl (C=O) groups excluding carboxylic acids is 1. The lowest BCUT2D eigenvalue weighted by atomic mass is 10.3. The van der Waals surface area contributed by atoms with Crippen LogP contribution in [-0.2, 0) is 4.84 Å². The number of hydrogen-bond donors (Lipinski definition) is 0. The summed E-state index contributed by atoms with van der Waals surface area (Å²) in [7, 11) is 2.91. The lowest BCUT2D eigenvalue weighted by molar-refractivity contribution is -0.0757. The van der Waals surface area contributed by atoms with E-state index in [1.165, 1.54) is 26.6 Å². The van der Waals surface area contributed by atoms with E-state index in [1.54, 1.807) is 6.07 Å². The molecule has 0 aliphatic heterocycles. The molecular weight excluding hydrogens is 192 g/mol. The number of hydrogen-bond acceptors (Lipinski definition) is 3. The number of amides is 1. The van der Waals surface area contributed by atoms with E-state index in [9.17, 15) is 4.79 Å². The van der Waals surface area contributed by atoms with Crippen molar-refractivity contribution >= 4 is 17.5 Å². The molecule has 0 bridgehead atoms. The Bertz CT molecular complexity index is 317. The van der Waals surface area contributed by atoms with Gasteiger partial charge in [0.15, 0.2) is 0 Å². The second kappa shape index (κ2) is 4.20. The maximum absolute atomic E-state index is 11.5. The van der Waals surface area contributed by atoms with Crippen LogP contribution in [0.2, 0.25) is 5.02 Å². The topological polar surface area (TPSA) is 42.4 Å². The molecular formula is C8H9ClN2O2. The molecule has 1 aromatic heterocycles. The molecule has 0 saturated carbocycles. The monoisotopic (exact) mass is 200 g/mol. The summed E-state index contributed by atoms with van der Waals surface area (Å²) in [6.45, 7) is 0. The van der Waals surface area contributed by atoms with Crippen molar-refractivity contribution in [3.8, 4) is 0 Å². The highest BCUT2D eigenvalue weighted by atomic mass is 35.5. The van der Waals surface area contributed by atoms with Gasteiger partial charge in [0.05, 0.1) is 17.7 Å². The second-order valence-corrected chi connectivity index (χ2v) is 2.75. The Morgan fingerprint density at radius 2 is 2.38 bits per heavy atom. The van der Waals surface area contributed by atoms with Crippen LogP contribution >= 0.6 is 11.6 Å². The van der Waals surface area contributed by atoms with Crippen LogP contribution in [0.25, 0.3) is 0 Å². The van der Waals surface area contributed by atoms with Gasteiger partial charge in [-0.3, -0.25) is 14.6 Å². The Labute approximate surface area is 81.0 Å². The molecule has 13 heavy (non-hydrogen) atoms.